The molecule has 2 amide bonds. The number of nitrogens with two attached hydrogens (primary N) is 1. The molecule has 0 heterocycles. The molecule has 0 aliphatic carbocycles. The van der Waals surface area contributed by atoms with Crippen LogP contribution in [0.3, 0.4) is 0 Å². The third-order valence-electron chi connectivity index (χ3n) is 3.11. The van der Waals surface area contributed by atoms with E-state index < -0.39 is 0 Å². The second kappa shape index (κ2) is 6.22. The van der Waals surface area contributed by atoms with Crippen LogP contribution < -0.4 is 11.1 Å². The van der Waals surface area contributed by atoms with Gasteiger partial charge in [0.05, 0.1) is 11.5 Å². The molecule has 1 atom stereocenters. The van der Waals surface area contributed by atoms with Crippen molar-refractivity contribution < 1.29 is 9.59 Å². The molecule has 1 unspecified atom stereocenters. The number of anilines is 1. The average molecular weight is 263 g/mol. The molecular formula is C14H21N3O2. The molecule has 5 nitrogen and oxygen atoms in total. The molecule has 1 aromatic carbocycles. The number of nitrogen functional groups attached to an aromatic ring is 1. The van der Waals surface area contributed by atoms with E-state index >= 15 is 0 Å². The van der Waals surface area contributed by atoms with Gasteiger partial charge in [-0.15, -0.1) is 0 Å². The van der Waals surface area contributed by atoms with E-state index in [0.29, 0.717) is 17.8 Å². The van der Waals surface area contributed by atoms with Crippen LogP contribution in [-0.2, 0) is 4.79 Å². The van der Waals surface area contributed by atoms with Crippen molar-refractivity contribution in [2.45, 2.75) is 13.8 Å². The lowest BCUT2D eigenvalue weighted by atomic mass is 10.0. The summed E-state index contributed by atoms with van der Waals surface area (Å²) in [5.74, 6) is -0.507. The third kappa shape index (κ3) is 3.47. The molecule has 1 rings (SSSR count). The lowest BCUT2D eigenvalue weighted by Gasteiger charge is -2.22. The fourth-order valence-electron chi connectivity index (χ4n) is 2.00. The highest BCUT2D eigenvalue weighted by atomic mass is 16.2. The van der Waals surface area contributed by atoms with Crippen LogP contribution in [0.15, 0.2) is 18.2 Å². The van der Waals surface area contributed by atoms with Crippen LogP contribution in [0, 0.1) is 12.8 Å². The van der Waals surface area contributed by atoms with Crippen LogP contribution in [0.2, 0.25) is 0 Å². The Bertz CT molecular complexity index is 465. The van der Waals surface area contributed by atoms with E-state index in [9.17, 15) is 9.59 Å². The van der Waals surface area contributed by atoms with Crippen LogP contribution in [0.5, 0.6) is 0 Å². The maximum atomic E-state index is 12.3. The van der Waals surface area contributed by atoms with Crippen molar-refractivity contribution in [2.24, 2.45) is 5.92 Å². The van der Waals surface area contributed by atoms with Gasteiger partial charge in [0.1, 0.15) is 0 Å². The predicted molar refractivity (Wildman–Crippen MR) is 75.8 cm³/mol. The van der Waals surface area contributed by atoms with Gasteiger partial charge in [-0.25, -0.2) is 0 Å². The molecule has 0 aromatic heterocycles. The number of benzene rings is 1. The number of carbonyl (C=O) groups is 2. The molecule has 3 N–H and O–H groups in total. The topological polar surface area (TPSA) is 75.4 Å². The van der Waals surface area contributed by atoms with Gasteiger partial charge in [-0.1, -0.05) is 19.1 Å². The fourth-order valence-corrected chi connectivity index (χ4v) is 2.00. The van der Waals surface area contributed by atoms with Crippen LogP contribution in [0.25, 0.3) is 0 Å². The number of aryl methyl sites for hydroxylation is 1. The first-order valence-corrected chi connectivity index (χ1v) is 6.20. The van der Waals surface area contributed by atoms with Gasteiger partial charge in [0.25, 0.3) is 5.91 Å². The summed E-state index contributed by atoms with van der Waals surface area (Å²) in [4.78, 5) is 25.3. The van der Waals surface area contributed by atoms with Gasteiger partial charge < -0.3 is 16.0 Å². The molecule has 0 spiro atoms. The minimum Gasteiger partial charge on any atom is -0.398 e. The number of hydrogen-bond donors (Lipinski definition) is 2. The number of hydrogen-bond acceptors (Lipinski definition) is 3. The van der Waals surface area contributed by atoms with Crippen molar-refractivity contribution in [1.82, 2.24) is 10.2 Å². The summed E-state index contributed by atoms with van der Waals surface area (Å²) in [5.41, 5.74) is 7.66. The Balaban J connectivity index is 2.86. The molecule has 0 saturated carbocycles. The second-order valence-corrected chi connectivity index (χ2v) is 4.74. The van der Waals surface area contributed by atoms with Crippen molar-refractivity contribution in [3.8, 4) is 0 Å². The zero-order chi connectivity index (χ0) is 14.6. The standard InChI is InChI=1S/C14H21N3O2/c1-9-6-5-7-11(15)12(9)14(19)17(4)8-10(2)13(18)16-3/h5-7,10H,8,15H2,1-4H3,(H,16,18). The quantitative estimate of drug-likeness (QED) is 0.797. The molecule has 1 aromatic rings. The van der Waals surface area contributed by atoms with Crippen molar-refractivity contribution in [3.05, 3.63) is 29.3 Å². The molecule has 0 bridgehead atoms. The monoisotopic (exact) mass is 263 g/mol. The first kappa shape index (κ1) is 15.0. The van der Waals surface area contributed by atoms with Crippen molar-refractivity contribution in [2.75, 3.05) is 26.4 Å². The average Bonchev–Trinajstić information content (AvgIpc) is 2.37. The van der Waals surface area contributed by atoms with Gasteiger partial charge in [-0.2, -0.15) is 0 Å². The summed E-state index contributed by atoms with van der Waals surface area (Å²) in [6, 6.07) is 5.37. The molecule has 0 aliphatic rings. The van der Waals surface area contributed by atoms with E-state index in [2.05, 4.69) is 5.32 Å². The summed E-state index contributed by atoms with van der Waals surface area (Å²) >= 11 is 0. The van der Waals surface area contributed by atoms with Crippen molar-refractivity contribution in [1.29, 1.82) is 0 Å². The Morgan fingerprint density at radius 2 is 2.05 bits per heavy atom. The van der Waals surface area contributed by atoms with Crippen LogP contribution in [-0.4, -0.2) is 37.4 Å². The minimum absolute atomic E-state index is 0.0857. The van der Waals surface area contributed by atoms with Crippen molar-refractivity contribution in [3.63, 3.8) is 0 Å². The Morgan fingerprint density at radius 1 is 1.42 bits per heavy atom. The Kier molecular flexibility index (Phi) is 4.92. The molecule has 0 radical (unpaired) electrons. The minimum atomic E-state index is -0.260. The maximum Gasteiger partial charge on any atom is 0.255 e. The molecule has 0 fully saturated rings. The third-order valence-corrected chi connectivity index (χ3v) is 3.11. The Labute approximate surface area is 113 Å². The predicted octanol–water partition coefficient (Wildman–Crippen LogP) is 1.03. The van der Waals surface area contributed by atoms with E-state index in [1.54, 1.807) is 27.1 Å². The lowest BCUT2D eigenvalue weighted by Crippen LogP contribution is -2.37. The summed E-state index contributed by atoms with van der Waals surface area (Å²) in [7, 11) is 3.26. The zero-order valence-electron chi connectivity index (χ0n) is 11.9. The van der Waals surface area contributed by atoms with Gasteiger partial charge in [-0.05, 0) is 18.6 Å². The van der Waals surface area contributed by atoms with Gasteiger partial charge in [0.15, 0.2) is 0 Å². The smallest absolute Gasteiger partial charge is 0.255 e. The van der Waals surface area contributed by atoms with E-state index in [4.69, 9.17) is 5.73 Å². The van der Waals surface area contributed by atoms with Gasteiger partial charge in [0, 0.05) is 26.3 Å². The lowest BCUT2D eigenvalue weighted by molar-refractivity contribution is -0.124. The SMILES string of the molecule is CNC(=O)C(C)CN(C)C(=O)c1c(C)cccc1N. The molecule has 5 heteroatoms. The number of carbonyl (C=O) groups excluding carboxylic acids is 2. The highest BCUT2D eigenvalue weighted by molar-refractivity contribution is 6.00. The highest BCUT2D eigenvalue weighted by Gasteiger charge is 2.21. The normalized spacial score (nSPS) is 11.8. The number of nitrogens with zero attached hydrogens (tertiary/aromatic N) is 1. The number of nitrogens with one attached hydrogen (secondary N) is 1. The van der Waals surface area contributed by atoms with E-state index in [0.717, 1.165) is 5.56 Å². The molecule has 0 saturated heterocycles. The van der Waals surface area contributed by atoms with E-state index in [1.807, 2.05) is 19.1 Å². The van der Waals surface area contributed by atoms with E-state index in [-0.39, 0.29) is 17.7 Å². The van der Waals surface area contributed by atoms with Gasteiger partial charge in [0.2, 0.25) is 5.91 Å². The summed E-state index contributed by atoms with van der Waals surface area (Å²) in [5, 5.41) is 2.57. The molecule has 19 heavy (non-hydrogen) atoms. The maximum absolute atomic E-state index is 12.3. The molecular weight excluding hydrogens is 242 g/mol. The van der Waals surface area contributed by atoms with Crippen LogP contribution >= 0.6 is 0 Å². The summed E-state index contributed by atoms with van der Waals surface area (Å²) in [6.07, 6.45) is 0. The van der Waals surface area contributed by atoms with Gasteiger partial charge >= 0.3 is 0 Å². The fraction of sp³-hybridized carbons (Fsp3) is 0.429. The van der Waals surface area contributed by atoms with E-state index in [1.165, 1.54) is 4.90 Å². The number of rotatable bonds is 4. The second-order valence-electron chi connectivity index (χ2n) is 4.74. The molecule has 104 valence electrons. The van der Waals surface area contributed by atoms with Crippen LogP contribution in [0.4, 0.5) is 5.69 Å². The Morgan fingerprint density at radius 3 is 2.58 bits per heavy atom. The highest BCUT2D eigenvalue weighted by Crippen LogP contribution is 2.18. The first-order valence-electron chi connectivity index (χ1n) is 6.20. The first-order chi connectivity index (χ1) is 8.88. The Hall–Kier alpha value is -2.04. The van der Waals surface area contributed by atoms with Gasteiger partial charge in [-0.3, -0.25) is 9.59 Å². The summed E-state index contributed by atoms with van der Waals surface area (Å²) in [6.45, 7) is 3.98. The largest absolute Gasteiger partial charge is 0.398 e. The number of amides is 2. The zero-order valence-corrected chi connectivity index (χ0v) is 11.9. The summed E-state index contributed by atoms with van der Waals surface area (Å²) < 4.78 is 0. The molecule has 0 aliphatic heterocycles. The van der Waals surface area contributed by atoms with Crippen molar-refractivity contribution >= 4 is 17.5 Å². The van der Waals surface area contributed by atoms with Crippen LogP contribution in [0.1, 0.15) is 22.8 Å².